The summed E-state index contributed by atoms with van der Waals surface area (Å²) < 4.78 is 36.9. The topological polar surface area (TPSA) is 41.1 Å². The van der Waals surface area contributed by atoms with Crippen LogP contribution in [-0.4, -0.2) is 35.9 Å². The van der Waals surface area contributed by atoms with E-state index in [1.165, 1.54) is 6.07 Å². The minimum atomic E-state index is -4.43. The van der Waals surface area contributed by atoms with Gasteiger partial charge in [0.15, 0.2) is 11.5 Å². The van der Waals surface area contributed by atoms with Gasteiger partial charge in [0.05, 0.1) is 6.04 Å². The molecule has 1 N–H and O–H groups in total. The lowest BCUT2D eigenvalue weighted by molar-refractivity contribution is -0.141. The molecule has 1 saturated heterocycles. The summed E-state index contributed by atoms with van der Waals surface area (Å²) in [4.78, 5) is 1.95. The van der Waals surface area contributed by atoms with Crippen LogP contribution in [0.3, 0.4) is 0 Å². The summed E-state index contributed by atoms with van der Waals surface area (Å²) in [6.45, 7) is 4.30. The predicted octanol–water partition coefficient (Wildman–Crippen LogP) is 1.29. The smallest absolute Gasteiger partial charge is 0.350 e. The number of rotatable bonds is 3. The molecule has 1 fully saturated rings. The number of nitrogens with zero attached hydrogens (tertiary/aromatic N) is 3. The van der Waals surface area contributed by atoms with E-state index >= 15 is 0 Å². The molecule has 1 aromatic heterocycles. The van der Waals surface area contributed by atoms with Crippen LogP contribution in [0.15, 0.2) is 12.1 Å². The minimum absolute atomic E-state index is 0.297. The summed E-state index contributed by atoms with van der Waals surface area (Å²) in [7, 11) is 0. The summed E-state index contributed by atoms with van der Waals surface area (Å²) in [6.07, 6.45) is -4.43. The largest absolute Gasteiger partial charge is 0.435 e. The van der Waals surface area contributed by atoms with Crippen LogP contribution >= 0.6 is 0 Å². The average molecular weight is 246 g/mol. The van der Waals surface area contributed by atoms with Crippen molar-refractivity contribution in [3.63, 3.8) is 0 Å². The lowest BCUT2D eigenvalue weighted by Gasteiger charge is -2.38. The fourth-order valence-electron chi connectivity index (χ4n) is 1.73. The molecule has 4 nitrogen and oxygen atoms in total. The predicted molar refractivity (Wildman–Crippen MR) is 56.7 cm³/mol. The summed E-state index contributed by atoms with van der Waals surface area (Å²) in [5, 5.41) is 9.98. The fourth-order valence-corrected chi connectivity index (χ4v) is 1.73. The molecule has 0 saturated carbocycles. The van der Waals surface area contributed by atoms with Crippen LogP contribution in [-0.2, 0) is 6.18 Å². The fraction of sp³-hybridized carbons (Fsp3) is 0.600. The molecule has 1 aliphatic heterocycles. The third-order valence-electron chi connectivity index (χ3n) is 2.78. The van der Waals surface area contributed by atoms with E-state index < -0.39 is 11.9 Å². The second-order valence-electron chi connectivity index (χ2n) is 3.87. The van der Waals surface area contributed by atoms with Gasteiger partial charge in [-0.3, -0.25) is 0 Å². The van der Waals surface area contributed by atoms with Gasteiger partial charge in [-0.2, -0.15) is 13.2 Å². The molecule has 0 radical (unpaired) electrons. The van der Waals surface area contributed by atoms with Crippen molar-refractivity contribution in [2.45, 2.75) is 19.1 Å². The zero-order chi connectivity index (χ0) is 12.5. The SMILES string of the molecule is CCN(c1ccc(C(F)(F)F)nn1)C1CNC1. The van der Waals surface area contributed by atoms with Crippen molar-refractivity contribution in [3.8, 4) is 0 Å². The maximum Gasteiger partial charge on any atom is 0.435 e. The number of likely N-dealkylation sites (N-methyl/N-ethyl adjacent to an activating group) is 1. The summed E-state index contributed by atoms with van der Waals surface area (Å²) in [6, 6.07) is 2.64. The van der Waals surface area contributed by atoms with Crippen LogP contribution in [0.25, 0.3) is 0 Å². The number of hydrogen-bond acceptors (Lipinski definition) is 4. The Morgan fingerprint density at radius 2 is 2.06 bits per heavy atom. The molecule has 0 bridgehead atoms. The first-order valence-electron chi connectivity index (χ1n) is 5.40. The number of anilines is 1. The molecule has 0 aliphatic carbocycles. The molecule has 1 aliphatic rings. The van der Waals surface area contributed by atoms with Gasteiger partial charge in [0.2, 0.25) is 0 Å². The zero-order valence-electron chi connectivity index (χ0n) is 9.33. The van der Waals surface area contributed by atoms with Crippen molar-refractivity contribution in [1.29, 1.82) is 0 Å². The highest BCUT2D eigenvalue weighted by atomic mass is 19.4. The number of alkyl halides is 3. The Labute approximate surface area is 96.8 Å². The minimum Gasteiger partial charge on any atom is -0.350 e. The Balaban J connectivity index is 2.16. The van der Waals surface area contributed by atoms with Crippen molar-refractivity contribution in [2.24, 2.45) is 0 Å². The number of aromatic nitrogens is 2. The zero-order valence-corrected chi connectivity index (χ0v) is 9.33. The van der Waals surface area contributed by atoms with Crippen LogP contribution < -0.4 is 10.2 Å². The summed E-state index contributed by atoms with van der Waals surface area (Å²) in [5.41, 5.74) is -0.955. The maximum atomic E-state index is 12.3. The molecule has 2 rings (SSSR count). The Bertz CT molecular complexity index is 372. The van der Waals surface area contributed by atoms with Gasteiger partial charge in [-0.1, -0.05) is 0 Å². The van der Waals surface area contributed by atoms with E-state index in [1.54, 1.807) is 0 Å². The van der Waals surface area contributed by atoms with E-state index in [0.717, 1.165) is 19.2 Å². The van der Waals surface area contributed by atoms with Crippen LogP contribution in [0.4, 0.5) is 19.0 Å². The van der Waals surface area contributed by atoms with Crippen LogP contribution in [0, 0.1) is 0 Å². The van der Waals surface area contributed by atoms with E-state index in [1.807, 2.05) is 11.8 Å². The van der Waals surface area contributed by atoms with Gasteiger partial charge in [-0.05, 0) is 19.1 Å². The van der Waals surface area contributed by atoms with Crippen LogP contribution in [0.5, 0.6) is 0 Å². The van der Waals surface area contributed by atoms with Gasteiger partial charge in [-0.15, -0.1) is 10.2 Å². The van der Waals surface area contributed by atoms with Gasteiger partial charge in [0.25, 0.3) is 0 Å². The molecule has 0 spiro atoms. The first-order chi connectivity index (χ1) is 8.02. The second kappa shape index (κ2) is 4.48. The first-order valence-corrected chi connectivity index (χ1v) is 5.40. The molecule has 7 heteroatoms. The van der Waals surface area contributed by atoms with Crippen LogP contribution in [0.1, 0.15) is 12.6 Å². The first kappa shape index (κ1) is 12.1. The van der Waals surface area contributed by atoms with Gasteiger partial charge in [0.1, 0.15) is 0 Å². The molecule has 0 unspecified atom stereocenters. The van der Waals surface area contributed by atoms with Crippen molar-refractivity contribution < 1.29 is 13.2 Å². The number of halogens is 3. The Morgan fingerprint density at radius 1 is 1.35 bits per heavy atom. The quantitative estimate of drug-likeness (QED) is 0.872. The molecule has 0 aromatic carbocycles. The average Bonchev–Trinajstić information content (AvgIpc) is 2.22. The second-order valence-corrected chi connectivity index (χ2v) is 3.87. The molecule has 0 atom stereocenters. The number of hydrogen-bond donors (Lipinski definition) is 1. The van der Waals surface area contributed by atoms with E-state index in [0.29, 0.717) is 18.4 Å². The molecule has 1 aromatic rings. The van der Waals surface area contributed by atoms with Gasteiger partial charge in [-0.25, -0.2) is 0 Å². The molecule has 17 heavy (non-hydrogen) atoms. The number of nitrogens with one attached hydrogen (secondary N) is 1. The van der Waals surface area contributed by atoms with E-state index in [4.69, 9.17) is 0 Å². The van der Waals surface area contributed by atoms with Gasteiger partial charge >= 0.3 is 6.18 Å². The maximum absolute atomic E-state index is 12.3. The summed E-state index contributed by atoms with van der Waals surface area (Å²) in [5.74, 6) is 0.493. The Morgan fingerprint density at radius 3 is 2.41 bits per heavy atom. The monoisotopic (exact) mass is 246 g/mol. The Hall–Kier alpha value is -1.37. The highest BCUT2D eigenvalue weighted by molar-refractivity contribution is 5.40. The Kier molecular flexibility index (Phi) is 3.19. The third-order valence-corrected chi connectivity index (χ3v) is 2.78. The lowest BCUT2D eigenvalue weighted by atomic mass is 10.1. The molecular weight excluding hydrogens is 233 g/mol. The van der Waals surface area contributed by atoms with E-state index in [9.17, 15) is 13.2 Å². The van der Waals surface area contributed by atoms with Gasteiger partial charge < -0.3 is 10.2 Å². The van der Waals surface area contributed by atoms with Crippen molar-refractivity contribution in [2.75, 3.05) is 24.5 Å². The highest BCUT2D eigenvalue weighted by Crippen LogP contribution is 2.27. The summed E-state index contributed by atoms with van der Waals surface area (Å²) >= 11 is 0. The lowest BCUT2D eigenvalue weighted by Crippen LogP contribution is -2.57. The van der Waals surface area contributed by atoms with Gasteiger partial charge in [0, 0.05) is 19.6 Å². The van der Waals surface area contributed by atoms with E-state index in [-0.39, 0.29) is 0 Å². The van der Waals surface area contributed by atoms with E-state index in [2.05, 4.69) is 15.5 Å². The van der Waals surface area contributed by atoms with Crippen molar-refractivity contribution >= 4 is 5.82 Å². The highest BCUT2D eigenvalue weighted by Gasteiger charge is 2.33. The normalized spacial score (nSPS) is 16.7. The van der Waals surface area contributed by atoms with Crippen LogP contribution in [0.2, 0.25) is 0 Å². The molecule has 0 amide bonds. The third kappa shape index (κ3) is 2.49. The molecule has 94 valence electrons. The molecule has 2 heterocycles. The van der Waals surface area contributed by atoms with Crippen molar-refractivity contribution in [1.82, 2.24) is 15.5 Å². The molecular formula is C10H13F3N4. The van der Waals surface area contributed by atoms with Crippen molar-refractivity contribution in [3.05, 3.63) is 17.8 Å². The standard InChI is InChI=1S/C10H13F3N4/c1-2-17(7-5-14-6-7)9-4-3-8(15-16-9)10(11,12)13/h3-4,7,14H,2,5-6H2,1H3.